The van der Waals surface area contributed by atoms with Gasteiger partial charge < -0.3 is 23.7 Å². The molecular formula is C36H26O8. The highest BCUT2D eigenvalue weighted by Crippen LogP contribution is 2.47. The minimum atomic E-state index is -1.30. The summed E-state index contributed by atoms with van der Waals surface area (Å²) in [6, 6.07) is 34.3. The van der Waals surface area contributed by atoms with Crippen molar-refractivity contribution in [2.24, 2.45) is 0 Å². The fourth-order valence-electron chi connectivity index (χ4n) is 5.28. The fraction of sp³-hybridized carbons (Fsp3) is 0.0833. The molecule has 0 N–H and O–H groups in total. The quantitative estimate of drug-likeness (QED) is 0.148. The SMILES string of the molecule is COc1ccccc1C(=O)Oc1ccc(C2(c3ccc(OC(=O)c4ccccc4OC)cc3)OC(=O)c3ccccc32)cc1. The molecule has 0 aliphatic carbocycles. The Morgan fingerprint density at radius 1 is 0.568 bits per heavy atom. The normalized spacial score (nSPS) is 12.9. The van der Waals surface area contributed by atoms with Crippen LogP contribution in [0.1, 0.15) is 47.8 Å². The van der Waals surface area contributed by atoms with Gasteiger partial charge in [0.2, 0.25) is 0 Å². The minimum absolute atomic E-state index is 0.292. The van der Waals surface area contributed by atoms with E-state index in [4.69, 9.17) is 23.7 Å². The molecule has 0 spiro atoms. The third kappa shape index (κ3) is 5.03. The molecular weight excluding hydrogens is 560 g/mol. The molecule has 6 rings (SSSR count). The van der Waals surface area contributed by atoms with E-state index in [2.05, 4.69) is 0 Å². The number of hydrogen-bond donors (Lipinski definition) is 0. The number of carbonyl (C=O) groups excluding carboxylic acids is 3. The molecule has 0 amide bonds. The van der Waals surface area contributed by atoms with Gasteiger partial charge in [-0.1, -0.05) is 66.7 Å². The molecule has 5 aromatic carbocycles. The molecule has 0 unspecified atom stereocenters. The van der Waals surface area contributed by atoms with Crippen molar-refractivity contribution in [1.29, 1.82) is 0 Å². The molecule has 44 heavy (non-hydrogen) atoms. The Kier molecular flexibility index (Phi) is 7.56. The summed E-state index contributed by atoms with van der Waals surface area (Å²) >= 11 is 0. The Labute approximate surface area is 253 Å². The van der Waals surface area contributed by atoms with Crippen molar-refractivity contribution in [2.75, 3.05) is 14.2 Å². The second kappa shape index (κ2) is 11.8. The van der Waals surface area contributed by atoms with E-state index in [0.717, 1.165) is 0 Å². The second-order valence-electron chi connectivity index (χ2n) is 9.84. The van der Waals surface area contributed by atoms with Crippen LogP contribution >= 0.6 is 0 Å². The van der Waals surface area contributed by atoms with Crippen LogP contribution < -0.4 is 18.9 Å². The first-order valence-electron chi connectivity index (χ1n) is 13.7. The van der Waals surface area contributed by atoms with E-state index < -0.39 is 23.5 Å². The molecule has 0 radical (unpaired) electrons. The lowest BCUT2D eigenvalue weighted by molar-refractivity contribution is 0.0251. The average Bonchev–Trinajstić information content (AvgIpc) is 3.38. The first-order valence-corrected chi connectivity index (χ1v) is 13.7. The van der Waals surface area contributed by atoms with Crippen LogP contribution in [0.2, 0.25) is 0 Å². The lowest BCUT2D eigenvalue weighted by atomic mass is 9.80. The van der Waals surface area contributed by atoms with Gasteiger partial charge >= 0.3 is 17.9 Å². The molecule has 0 saturated carbocycles. The van der Waals surface area contributed by atoms with Crippen LogP contribution in [0.5, 0.6) is 23.0 Å². The van der Waals surface area contributed by atoms with Crippen molar-refractivity contribution < 1.29 is 38.1 Å². The number of para-hydroxylation sites is 2. The molecule has 0 saturated heterocycles. The summed E-state index contributed by atoms with van der Waals surface area (Å²) < 4.78 is 27.9. The van der Waals surface area contributed by atoms with Crippen LogP contribution in [0, 0.1) is 0 Å². The Morgan fingerprint density at radius 3 is 1.48 bits per heavy atom. The van der Waals surface area contributed by atoms with Crippen molar-refractivity contribution in [3.05, 3.63) is 155 Å². The number of methoxy groups -OCH3 is 2. The zero-order chi connectivity index (χ0) is 30.7. The Morgan fingerprint density at radius 2 is 1.00 bits per heavy atom. The van der Waals surface area contributed by atoms with E-state index in [1.54, 1.807) is 109 Å². The monoisotopic (exact) mass is 586 g/mol. The summed E-state index contributed by atoms with van der Waals surface area (Å²) in [6.45, 7) is 0. The van der Waals surface area contributed by atoms with E-state index in [0.29, 0.717) is 56.4 Å². The number of carbonyl (C=O) groups is 3. The maximum atomic E-state index is 13.1. The second-order valence-corrected chi connectivity index (χ2v) is 9.84. The predicted octanol–water partition coefficient (Wildman–Crippen LogP) is 6.60. The standard InChI is InChI=1S/C36H26O8/c1-40-31-13-7-4-10-28(31)33(37)42-25-19-15-23(16-20-25)36(30-12-6-3-9-27(30)35(39)44-36)24-17-21-26(22-18-24)43-34(38)29-11-5-8-14-32(29)41-2/h3-22H,1-2H3. The molecule has 8 heteroatoms. The molecule has 218 valence electrons. The number of esters is 3. The van der Waals surface area contributed by atoms with E-state index in [-0.39, 0.29) is 0 Å². The summed E-state index contributed by atoms with van der Waals surface area (Å²) in [7, 11) is 2.97. The lowest BCUT2D eigenvalue weighted by Gasteiger charge is -2.30. The van der Waals surface area contributed by atoms with Crippen molar-refractivity contribution in [3.8, 4) is 23.0 Å². The smallest absolute Gasteiger partial charge is 0.347 e. The molecule has 0 fully saturated rings. The van der Waals surface area contributed by atoms with Crippen LogP contribution in [0.4, 0.5) is 0 Å². The highest BCUT2D eigenvalue weighted by Gasteiger charge is 2.48. The van der Waals surface area contributed by atoms with Gasteiger partial charge in [-0.2, -0.15) is 0 Å². The highest BCUT2D eigenvalue weighted by molar-refractivity contribution is 5.97. The van der Waals surface area contributed by atoms with E-state index >= 15 is 0 Å². The summed E-state index contributed by atoms with van der Waals surface area (Å²) in [5, 5.41) is 0. The van der Waals surface area contributed by atoms with E-state index in [1.807, 2.05) is 12.1 Å². The van der Waals surface area contributed by atoms with Gasteiger partial charge in [0, 0.05) is 16.7 Å². The van der Waals surface area contributed by atoms with Gasteiger partial charge in [-0.05, 0) is 54.6 Å². The van der Waals surface area contributed by atoms with Gasteiger partial charge in [-0.25, -0.2) is 14.4 Å². The number of cyclic esters (lactones) is 1. The largest absolute Gasteiger partial charge is 0.496 e. The molecule has 1 heterocycles. The predicted molar refractivity (Wildman–Crippen MR) is 161 cm³/mol. The van der Waals surface area contributed by atoms with E-state index in [1.165, 1.54) is 14.2 Å². The summed E-state index contributed by atoms with van der Waals surface area (Å²) in [6.07, 6.45) is 0. The maximum Gasteiger partial charge on any atom is 0.347 e. The first kappa shape index (κ1) is 28.2. The zero-order valence-corrected chi connectivity index (χ0v) is 23.8. The van der Waals surface area contributed by atoms with Crippen molar-refractivity contribution in [3.63, 3.8) is 0 Å². The maximum absolute atomic E-state index is 13.1. The Bertz CT molecular complexity index is 1750. The van der Waals surface area contributed by atoms with Gasteiger partial charge in [0.05, 0.1) is 19.8 Å². The van der Waals surface area contributed by atoms with Crippen LogP contribution in [-0.4, -0.2) is 32.1 Å². The Hall–Kier alpha value is -5.89. The van der Waals surface area contributed by atoms with Gasteiger partial charge in [-0.3, -0.25) is 0 Å². The third-order valence-corrected chi connectivity index (χ3v) is 7.37. The number of rotatable bonds is 8. The fourth-order valence-corrected chi connectivity index (χ4v) is 5.28. The van der Waals surface area contributed by atoms with Crippen molar-refractivity contribution in [2.45, 2.75) is 5.60 Å². The topological polar surface area (TPSA) is 97.4 Å². The van der Waals surface area contributed by atoms with Gasteiger partial charge in [0.1, 0.15) is 34.1 Å². The van der Waals surface area contributed by atoms with Crippen molar-refractivity contribution >= 4 is 17.9 Å². The number of hydrogen-bond acceptors (Lipinski definition) is 8. The molecule has 0 atom stereocenters. The third-order valence-electron chi connectivity index (χ3n) is 7.37. The summed E-state index contributed by atoms with van der Waals surface area (Å²) in [5.74, 6) is -0.202. The van der Waals surface area contributed by atoms with Gasteiger partial charge in [0.25, 0.3) is 0 Å². The van der Waals surface area contributed by atoms with Crippen LogP contribution in [-0.2, 0) is 10.3 Å². The van der Waals surface area contributed by atoms with E-state index in [9.17, 15) is 14.4 Å². The van der Waals surface area contributed by atoms with Gasteiger partial charge in [0.15, 0.2) is 5.60 Å². The average molecular weight is 587 g/mol. The number of ether oxygens (including phenoxy) is 5. The molecule has 1 aliphatic rings. The lowest BCUT2D eigenvalue weighted by Crippen LogP contribution is -2.29. The van der Waals surface area contributed by atoms with Crippen LogP contribution in [0.25, 0.3) is 0 Å². The highest BCUT2D eigenvalue weighted by atomic mass is 16.6. The Balaban J connectivity index is 1.32. The molecule has 1 aliphatic heterocycles. The molecule has 0 bridgehead atoms. The number of benzene rings is 5. The molecule has 0 aromatic heterocycles. The van der Waals surface area contributed by atoms with Crippen molar-refractivity contribution in [1.82, 2.24) is 0 Å². The molecule has 5 aromatic rings. The zero-order valence-electron chi connectivity index (χ0n) is 23.8. The number of fused-ring (bicyclic) bond motifs is 1. The summed E-state index contributed by atoms with van der Waals surface area (Å²) in [4.78, 5) is 38.8. The molecule has 8 nitrogen and oxygen atoms in total. The van der Waals surface area contributed by atoms with Crippen LogP contribution in [0.15, 0.2) is 121 Å². The first-order chi connectivity index (χ1) is 21.4. The van der Waals surface area contributed by atoms with Crippen LogP contribution in [0.3, 0.4) is 0 Å². The summed E-state index contributed by atoms with van der Waals surface area (Å²) in [5.41, 5.74) is 1.64. The minimum Gasteiger partial charge on any atom is -0.496 e. The van der Waals surface area contributed by atoms with Gasteiger partial charge in [-0.15, -0.1) is 0 Å².